The van der Waals surface area contributed by atoms with Gasteiger partial charge in [-0.25, -0.2) is 0 Å². The van der Waals surface area contributed by atoms with Crippen molar-refractivity contribution in [1.82, 2.24) is 0 Å². The van der Waals surface area contributed by atoms with Crippen LogP contribution in [0.4, 0.5) is 0 Å². The molecule has 2 atom stereocenters. The van der Waals surface area contributed by atoms with E-state index in [2.05, 4.69) is 38.8 Å². The van der Waals surface area contributed by atoms with Crippen molar-refractivity contribution in [2.24, 2.45) is 0 Å². The molecule has 0 saturated heterocycles. The average molecular weight is 330 g/mol. The van der Waals surface area contributed by atoms with Crippen LogP contribution in [-0.2, 0) is 4.79 Å². The first-order valence-electron chi connectivity index (χ1n) is 5.07. The first kappa shape index (κ1) is 14.4. The molecule has 4 heteroatoms. The van der Waals surface area contributed by atoms with E-state index in [1.165, 1.54) is 6.42 Å². The van der Waals surface area contributed by atoms with Crippen LogP contribution in [0.25, 0.3) is 0 Å². The molecule has 0 aliphatic rings. The summed E-state index contributed by atoms with van der Waals surface area (Å²) in [4.78, 5) is 11.2. The van der Waals surface area contributed by atoms with E-state index in [1.807, 2.05) is 0 Å². The second-order valence-corrected chi connectivity index (χ2v) is 5.81. The molecule has 0 aromatic carbocycles. The summed E-state index contributed by atoms with van der Waals surface area (Å²) in [7, 11) is 0. The number of rotatable bonds is 8. The van der Waals surface area contributed by atoms with Crippen molar-refractivity contribution in [3.8, 4) is 0 Å². The highest BCUT2D eigenvalue weighted by molar-refractivity contribution is 9.12. The van der Waals surface area contributed by atoms with E-state index in [9.17, 15) is 4.79 Å². The lowest BCUT2D eigenvalue weighted by molar-refractivity contribution is -0.137. The average Bonchev–Trinajstić information content (AvgIpc) is 2.12. The van der Waals surface area contributed by atoms with Crippen LogP contribution < -0.4 is 0 Å². The third-order valence-corrected chi connectivity index (χ3v) is 4.98. The van der Waals surface area contributed by atoms with E-state index in [1.54, 1.807) is 0 Å². The van der Waals surface area contributed by atoms with E-state index in [0.717, 1.165) is 25.7 Å². The van der Waals surface area contributed by atoms with Gasteiger partial charge in [0.2, 0.25) is 0 Å². The van der Waals surface area contributed by atoms with Crippen molar-refractivity contribution < 1.29 is 9.90 Å². The molecule has 0 saturated carbocycles. The Bertz CT molecular complexity index is 162. The molecule has 0 aromatic rings. The molecule has 0 bridgehead atoms. The molecule has 1 N–H and O–H groups in total. The van der Waals surface area contributed by atoms with Crippen molar-refractivity contribution in [2.75, 3.05) is 0 Å². The molecule has 0 aliphatic heterocycles. The highest BCUT2D eigenvalue weighted by atomic mass is 79.9. The summed E-state index contributed by atoms with van der Waals surface area (Å²) in [6, 6.07) is 0. The van der Waals surface area contributed by atoms with Crippen LogP contribution in [-0.4, -0.2) is 20.7 Å². The van der Waals surface area contributed by atoms with Crippen LogP contribution >= 0.6 is 31.9 Å². The fourth-order valence-corrected chi connectivity index (χ4v) is 2.56. The van der Waals surface area contributed by atoms with Gasteiger partial charge in [0, 0.05) is 16.1 Å². The molecular formula is C10H18Br2O2. The zero-order valence-electron chi connectivity index (χ0n) is 8.51. The number of aliphatic carboxylic acids is 1. The largest absolute Gasteiger partial charge is 0.481 e. The Morgan fingerprint density at radius 3 is 2.29 bits per heavy atom. The van der Waals surface area contributed by atoms with Gasteiger partial charge < -0.3 is 5.11 Å². The predicted octanol–water partition coefficient (Wildman–Crippen LogP) is 3.96. The van der Waals surface area contributed by atoms with Crippen molar-refractivity contribution in [3.63, 3.8) is 0 Å². The lowest BCUT2D eigenvalue weighted by atomic mass is 10.1. The summed E-state index contributed by atoms with van der Waals surface area (Å²) >= 11 is 7.24. The highest BCUT2D eigenvalue weighted by Gasteiger charge is 2.14. The Hall–Kier alpha value is 0.430. The molecule has 0 rings (SSSR count). The smallest absolute Gasteiger partial charge is 0.303 e. The van der Waals surface area contributed by atoms with Gasteiger partial charge in [-0.1, -0.05) is 51.6 Å². The molecule has 0 aliphatic carbocycles. The quantitative estimate of drug-likeness (QED) is 0.540. The summed E-state index contributed by atoms with van der Waals surface area (Å²) < 4.78 is 0. The maximum absolute atomic E-state index is 10.3. The lowest BCUT2D eigenvalue weighted by Crippen LogP contribution is -2.13. The summed E-state index contributed by atoms with van der Waals surface area (Å²) in [6.45, 7) is 2.17. The number of carboxylic acid groups (broad SMARTS) is 1. The van der Waals surface area contributed by atoms with E-state index < -0.39 is 5.97 Å². The highest BCUT2D eigenvalue weighted by Crippen LogP contribution is 2.23. The van der Waals surface area contributed by atoms with Gasteiger partial charge in [0.25, 0.3) is 0 Å². The molecule has 0 fully saturated rings. The third kappa shape index (κ3) is 7.80. The maximum Gasteiger partial charge on any atom is 0.303 e. The monoisotopic (exact) mass is 328 g/mol. The van der Waals surface area contributed by atoms with Crippen molar-refractivity contribution >= 4 is 37.8 Å². The maximum atomic E-state index is 10.3. The minimum absolute atomic E-state index is 0.292. The lowest BCUT2D eigenvalue weighted by Gasteiger charge is -2.15. The predicted molar refractivity (Wildman–Crippen MR) is 66.4 cm³/mol. The van der Waals surface area contributed by atoms with Gasteiger partial charge in [-0.15, -0.1) is 0 Å². The fraction of sp³-hybridized carbons (Fsp3) is 0.900. The fourth-order valence-electron chi connectivity index (χ4n) is 1.25. The zero-order valence-corrected chi connectivity index (χ0v) is 11.7. The number of carbonyl (C=O) groups is 1. The zero-order chi connectivity index (χ0) is 11.0. The Labute approximate surface area is 103 Å². The Balaban J connectivity index is 3.43. The Morgan fingerprint density at radius 2 is 1.79 bits per heavy atom. The second kappa shape index (κ2) is 8.72. The van der Waals surface area contributed by atoms with Crippen molar-refractivity contribution in [2.45, 2.75) is 55.1 Å². The van der Waals surface area contributed by atoms with Crippen LogP contribution in [0.5, 0.6) is 0 Å². The molecule has 2 nitrogen and oxygen atoms in total. The summed E-state index contributed by atoms with van der Waals surface area (Å²) in [5.74, 6) is -0.694. The van der Waals surface area contributed by atoms with Crippen LogP contribution in [0, 0.1) is 0 Å². The number of halogens is 2. The van der Waals surface area contributed by atoms with Gasteiger partial charge in [0.1, 0.15) is 0 Å². The number of hydrogen-bond donors (Lipinski definition) is 1. The summed E-state index contributed by atoms with van der Waals surface area (Å²) in [6.07, 6.45) is 5.43. The molecule has 2 unspecified atom stereocenters. The number of alkyl halides is 2. The molecule has 0 aromatic heterocycles. The third-order valence-electron chi connectivity index (χ3n) is 2.08. The van der Waals surface area contributed by atoms with Gasteiger partial charge in [-0.05, 0) is 19.3 Å². The number of hydrogen-bond acceptors (Lipinski definition) is 1. The molecule has 0 radical (unpaired) electrons. The van der Waals surface area contributed by atoms with Crippen molar-refractivity contribution in [3.05, 3.63) is 0 Å². The van der Waals surface area contributed by atoms with Gasteiger partial charge in [-0.2, -0.15) is 0 Å². The minimum Gasteiger partial charge on any atom is -0.481 e. The van der Waals surface area contributed by atoms with Gasteiger partial charge in [0.15, 0.2) is 0 Å². The summed E-state index contributed by atoms with van der Waals surface area (Å²) in [5, 5.41) is 8.45. The number of carboxylic acids is 1. The normalized spacial score (nSPS) is 15.1. The van der Waals surface area contributed by atoms with Gasteiger partial charge >= 0.3 is 5.97 Å². The molecule has 0 spiro atoms. The number of unbranched alkanes of at least 4 members (excludes halogenated alkanes) is 1. The minimum atomic E-state index is -0.694. The second-order valence-electron chi connectivity index (χ2n) is 3.46. The summed E-state index contributed by atoms with van der Waals surface area (Å²) in [5.41, 5.74) is 0. The Kier molecular flexibility index (Phi) is 8.98. The van der Waals surface area contributed by atoms with Gasteiger partial charge in [-0.3, -0.25) is 4.79 Å². The molecular weight excluding hydrogens is 312 g/mol. The Morgan fingerprint density at radius 1 is 1.21 bits per heavy atom. The van der Waals surface area contributed by atoms with Crippen LogP contribution in [0.2, 0.25) is 0 Å². The van der Waals surface area contributed by atoms with Crippen LogP contribution in [0.3, 0.4) is 0 Å². The standard InChI is InChI=1S/C10H18Br2O2/c1-2-5-8(11)9(12)6-3-4-7-10(13)14/h8-9H,2-7H2,1H3,(H,13,14). The van der Waals surface area contributed by atoms with Crippen LogP contribution in [0.1, 0.15) is 45.4 Å². The molecule has 84 valence electrons. The molecule has 0 amide bonds. The van der Waals surface area contributed by atoms with E-state index in [4.69, 9.17) is 5.11 Å². The molecule has 14 heavy (non-hydrogen) atoms. The first-order valence-corrected chi connectivity index (χ1v) is 6.91. The van der Waals surface area contributed by atoms with E-state index in [0.29, 0.717) is 16.1 Å². The van der Waals surface area contributed by atoms with E-state index in [-0.39, 0.29) is 0 Å². The van der Waals surface area contributed by atoms with Gasteiger partial charge in [0.05, 0.1) is 0 Å². The topological polar surface area (TPSA) is 37.3 Å². The van der Waals surface area contributed by atoms with E-state index >= 15 is 0 Å². The molecule has 0 heterocycles. The van der Waals surface area contributed by atoms with Crippen LogP contribution in [0.15, 0.2) is 0 Å². The SMILES string of the molecule is CCCC(Br)C(Br)CCCCC(=O)O. The van der Waals surface area contributed by atoms with Crippen molar-refractivity contribution in [1.29, 1.82) is 0 Å². The first-order chi connectivity index (χ1) is 6.57.